The Hall–Kier alpha value is -1.57. The molecule has 0 saturated carbocycles. The van der Waals surface area contributed by atoms with Gasteiger partial charge in [0.2, 0.25) is 0 Å². The van der Waals surface area contributed by atoms with Gasteiger partial charge in [-0.05, 0) is 24.3 Å². The summed E-state index contributed by atoms with van der Waals surface area (Å²) in [6.45, 7) is 2.92. The maximum absolute atomic E-state index is 10.8. The molecule has 2 aromatic rings. The van der Waals surface area contributed by atoms with Crippen molar-refractivity contribution in [2.24, 2.45) is 0 Å². The van der Waals surface area contributed by atoms with Crippen molar-refractivity contribution in [3.05, 3.63) is 47.7 Å². The zero-order valence-electron chi connectivity index (χ0n) is 13.0. The topological polar surface area (TPSA) is 94.7 Å². The normalized spacial score (nSPS) is 9.88. The molecule has 0 amide bonds. The summed E-state index contributed by atoms with van der Waals surface area (Å²) in [5, 5.41) is 23.8. The van der Waals surface area contributed by atoms with E-state index in [-0.39, 0.29) is 37.0 Å². The van der Waals surface area contributed by atoms with Crippen molar-refractivity contribution in [3.8, 4) is 11.3 Å². The lowest BCUT2D eigenvalue weighted by atomic mass is 10.1. The van der Waals surface area contributed by atoms with E-state index in [2.05, 4.69) is 10.6 Å². The first-order valence-corrected chi connectivity index (χ1v) is 7.15. The van der Waals surface area contributed by atoms with Gasteiger partial charge in [-0.3, -0.25) is 0 Å². The molecule has 0 bridgehead atoms. The van der Waals surface area contributed by atoms with E-state index in [1.807, 2.05) is 12.1 Å². The predicted molar refractivity (Wildman–Crippen MR) is 97.3 cm³/mol. The summed E-state index contributed by atoms with van der Waals surface area (Å²) in [4.78, 5) is 10.8. The molecule has 0 aliphatic rings. The highest BCUT2D eigenvalue weighted by molar-refractivity contribution is 5.88. The highest BCUT2D eigenvalue weighted by atomic mass is 35.5. The first-order valence-electron chi connectivity index (χ1n) is 7.15. The van der Waals surface area contributed by atoms with Gasteiger partial charge in [-0.25, -0.2) is 4.79 Å². The molecule has 0 aliphatic carbocycles. The van der Waals surface area contributed by atoms with E-state index in [4.69, 9.17) is 14.6 Å². The maximum atomic E-state index is 10.8. The minimum absolute atomic E-state index is 0. The van der Waals surface area contributed by atoms with E-state index >= 15 is 0 Å². The number of halogens is 2. The Morgan fingerprint density at radius 3 is 2.25 bits per heavy atom. The van der Waals surface area contributed by atoms with Crippen molar-refractivity contribution in [3.63, 3.8) is 0 Å². The Morgan fingerprint density at radius 2 is 1.62 bits per heavy atom. The SMILES string of the molecule is Cl.Cl.O=C(O)c1ccc(-c2ccc(CNCCNCCO)o2)cc1. The van der Waals surface area contributed by atoms with Gasteiger partial charge in [0.05, 0.1) is 18.7 Å². The molecule has 1 aromatic carbocycles. The van der Waals surface area contributed by atoms with E-state index in [0.717, 1.165) is 24.4 Å². The van der Waals surface area contributed by atoms with Crippen molar-refractivity contribution in [1.29, 1.82) is 0 Å². The van der Waals surface area contributed by atoms with Gasteiger partial charge in [0, 0.05) is 25.2 Å². The molecule has 1 heterocycles. The second-order valence-electron chi connectivity index (χ2n) is 4.80. The number of hydrogen-bond donors (Lipinski definition) is 4. The second kappa shape index (κ2) is 11.9. The molecule has 0 unspecified atom stereocenters. The number of carboxylic acids is 1. The van der Waals surface area contributed by atoms with Gasteiger partial charge in [-0.15, -0.1) is 24.8 Å². The molecule has 4 N–H and O–H groups in total. The highest BCUT2D eigenvalue weighted by Crippen LogP contribution is 2.22. The number of carboxylic acid groups (broad SMARTS) is 1. The Morgan fingerprint density at radius 1 is 0.958 bits per heavy atom. The van der Waals surface area contributed by atoms with Gasteiger partial charge in [0.1, 0.15) is 11.5 Å². The van der Waals surface area contributed by atoms with Crippen LogP contribution in [-0.2, 0) is 6.54 Å². The van der Waals surface area contributed by atoms with Crippen molar-refractivity contribution in [2.75, 3.05) is 26.2 Å². The van der Waals surface area contributed by atoms with Crippen molar-refractivity contribution < 1.29 is 19.4 Å². The molecule has 0 saturated heterocycles. The first kappa shape index (κ1) is 22.4. The third kappa shape index (κ3) is 6.90. The summed E-state index contributed by atoms with van der Waals surface area (Å²) in [5.41, 5.74) is 1.11. The number of aliphatic hydroxyl groups is 1. The monoisotopic (exact) mass is 376 g/mol. The van der Waals surface area contributed by atoms with E-state index in [9.17, 15) is 4.79 Å². The Bertz CT molecular complexity index is 602. The number of nitrogens with one attached hydrogen (secondary N) is 2. The molecule has 1 aromatic heterocycles. The number of hydrogen-bond acceptors (Lipinski definition) is 5. The summed E-state index contributed by atoms with van der Waals surface area (Å²) >= 11 is 0. The summed E-state index contributed by atoms with van der Waals surface area (Å²) < 4.78 is 5.73. The molecule has 2 rings (SSSR count). The highest BCUT2D eigenvalue weighted by Gasteiger charge is 2.07. The predicted octanol–water partition coefficient (Wildman–Crippen LogP) is 2.16. The standard InChI is InChI=1S/C16H20N2O4.2ClH/c19-10-9-17-7-8-18-11-14-5-6-15(22-14)12-1-3-13(4-2-12)16(20)21;;/h1-6,17-19H,7-11H2,(H,20,21);2*1H. The third-order valence-electron chi connectivity index (χ3n) is 3.14. The minimum atomic E-state index is -0.939. The lowest BCUT2D eigenvalue weighted by Gasteiger charge is -2.04. The number of carbonyl (C=O) groups is 1. The number of rotatable bonds is 9. The van der Waals surface area contributed by atoms with Crippen molar-refractivity contribution >= 4 is 30.8 Å². The van der Waals surface area contributed by atoms with Crippen LogP contribution in [0, 0.1) is 0 Å². The van der Waals surface area contributed by atoms with Gasteiger partial charge in [0.25, 0.3) is 0 Å². The number of furan rings is 1. The third-order valence-corrected chi connectivity index (χ3v) is 3.14. The lowest BCUT2D eigenvalue weighted by molar-refractivity contribution is 0.0697. The average Bonchev–Trinajstić information content (AvgIpc) is 3.00. The lowest BCUT2D eigenvalue weighted by Crippen LogP contribution is -2.28. The van der Waals surface area contributed by atoms with Crippen molar-refractivity contribution in [2.45, 2.75) is 6.54 Å². The molecule has 8 heteroatoms. The van der Waals surface area contributed by atoms with Crippen LogP contribution >= 0.6 is 24.8 Å². The summed E-state index contributed by atoms with van der Waals surface area (Å²) in [7, 11) is 0. The van der Waals surface area contributed by atoms with E-state index < -0.39 is 5.97 Å². The zero-order valence-corrected chi connectivity index (χ0v) is 14.7. The zero-order chi connectivity index (χ0) is 15.8. The molecule has 134 valence electrons. The van der Waals surface area contributed by atoms with Gasteiger partial charge < -0.3 is 25.3 Å². The average molecular weight is 377 g/mol. The second-order valence-corrected chi connectivity index (χ2v) is 4.80. The van der Waals surface area contributed by atoms with Crippen LogP contribution < -0.4 is 10.6 Å². The van der Waals surface area contributed by atoms with E-state index in [1.54, 1.807) is 24.3 Å². The molecule has 6 nitrogen and oxygen atoms in total. The Balaban J connectivity index is 0.00000264. The van der Waals surface area contributed by atoms with Crippen LogP contribution in [0.3, 0.4) is 0 Å². The Labute approximate surface area is 153 Å². The fourth-order valence-corrected chi connectivity index (χ4v) is 2.00. The van der Waals surface area contributed by atoms with Crippen LogP contribution in [0.1, 0.15) is 16.1 Å². The van der Waals surface area contributed by atoms with Gasteiger partial charge in [-0.1, -0.05) is 12.1 Å². The van der Waals surface area contributed by atoms with Gasteiger partial charge in [0.15, 0.2) is 0 Å². The number of aromatic carboxylic acids is 1. The molecular formula is C16H22Cl2N2O4. The van der Waals surface area contributed by atoms with Gasteiger partial charge >= 0.3 is 5.97 Å². The van der Waals surface area contributed by atoms with Crippen LogP contribution in [0.4, 0.5) is 0 Å². The van der Waals surface area contributed by atoms with Crippen LogP contribution in [0.15, 0.2) is 40.8 Å². The molecule has 0 aliphatic heterocycles. The molecule has 0 spiro atoms. The number of benzene rings is 1. The Kier molecular flexibility index (Phi) is 11.1. The molecule has 0 fully saturated rings. The largest absolute Gasteiger partial charge is 0.478 e. The fourth-order valence-electron chi connectivity index (χ4n) is 2.00. The molecular weight excluding hydrogens is 355 g/mol. The number of aliphatic hydroxyl groups excluding tert-OH is 1. The molecule has 24 heavy (non-hydrogen) atoms. The summed E-state index contributed by atoms with van der Waals surface area (Å²) in [6, 6.07) is 10.4. The van der Waals surface area contributed by atoms with Crippen LogP contribution in [-0.4, -0.2) is 42.4 Å². The quantitative estimate of drug-likeness (QED) is 0.501. The van der Waals surface area contributed by atoms with Gasteiger partial charge in [-0.2, -0.15) is 0 Å². The summed E-state index contributed by atoms with van der Waals surface area (Å²) in [5.74, 6) is 0.595. The van der Waals surface area contributed by atoms with E-state index in [0.29, 0.717) is 18.8 Å². The smallest absolute Gasteiger partial charge is 0.335 e. The van der Waals surface area contributed by atoms with Crippen LogP contribution in [0.5, 0.6) is 0 Å². The summed E-state index contributed by atoms with van der Waals surface area (Å²) in [6.07, 6.45) is 0. The van der Waals surface area contributed by atoms with Crippen LogP contribution in [0.2, 0.25) is 0 Å². The first-order chi connectivity index (χ1) is 10.7. The minimum Gasteiger partial charge on any atom is -0.478 e. The van der Waals surface area contributed by atoms with E-state index in [1.165, 1.54) is 0 Å². The molecule has 0 atom stereocenters. The fraction of sp³-hybridized carbons (Fsp3) is 0.312. The maximum Gasteiger partial charge on any atom is 0.335 e. The van der Waals surface area contributed by atoms with Crippen molar-refractivity contribution in [1.82, 2.24) is 10.6 Å². The van der Waals surface area contributed by atoms with Crippen LogP contribution in [0.25, 0.3) is 11.3 Å². The molecule has 0 radical (unpaired) electrons.